The SMILES string of the molecule is OC1(/C=C/[Si](c2ccccc2)(c2ccccc2)c2ccccc2)CCCCC1. The maximum Gasteiger partial charge on any atom is 0.172 e. The van der Waals surface area contributed by atoms with Gasteiger partial charge in [0.2, 0.25) is 0 Å². The Morgan fingerprint density at radius 3 is 1.39 bits per heavy atom. The number of benzene rings is 3. The monoisotopic (exact) mass is 384 g/mol. The Balaban J connectivity index is 1.93. The topological polar surface area (TPSA) is 20.2 Å². The van der Waals surface area contributed by atoms with Crippen LogP contribution >= 0.6 is 0 Å². The van der Waals surface area contributed by atoms with Gasteiger partial charge in [0.25, 0.3) is 0 Å². The minimum absolute atomic E-state index is 0.672. The van der Waals surface area contributed by atoms with E-state index in [-0.39, 0.29) is 0 Å². The molecule has 1 nitrogen and oxygen atoms in total. The van der Waals surface area contributed by atoms with E-state index >= 15 is 0 Å². The molecule has 0 unspecified atom stereocenters. The highest BCUT2D eigenvalue weighted by atomic mass is 28.3. The van der Waals surface area contributed by atoms with Gasteiger partial charge in [0.15, 0.2) is 8.07 Å². The fraction of sp³-hybridized carbons (Fsp3) is 0.231. The van der Waals surface area contributed by atoms with Crippen molar-refractivity contribution >= 4 is 23.6 Å². The second-order valence-electron chi connectivity index (χ2n) is 7.90. The van der Waals surface area contributed by atoms with Crippen molar-refractivity contribution in [2.24, 2.45) is 0 Å². The summed E-state index contributed by atoms with van der Waals surface area (Å²) in [6.07, 6.45) is 7.33. The molecule has 1 aliphatic carbocycles. The van der Waals surface area contributed by atoms with Crippen LogP contribution in [0.3, 0.4) is 0 Å². The van der Waals surface area contributed by atoms with Crippen molar-refractivity contribution in [3.63, 3.8) is 0 Å². The van der Waals surface area contributed by atoms with E-state index in [1.54, 1.807) is 0 Å². The molecular formula is C26H28OSi. The van der Waals surface area contributed by atoms with Crippen LogP contribution in [0.5, 0.6) is 0 Å². The largest absolute Gasteiger partial charge is 0.386 e. The molecular weight excluding hydrogens is 356 g/mol. The van der Waals surface area contributed by atoms with E-state index in [4.69, 9.17) is 0 Å². The van der Waals surface area contributed by atoms with Crippen LogP contribution in [-0.2, 0) is 0 Å². The first-order valence-electron chi connectivity index (χ1n) is 10.3. The highest BCUT2D eigenvalue weighted by molar-refractivity contribution is 7.14. The first kappa shape index (κ1) is 18.9. The van der Waals surface area contributed by atoms with Crippen LogP contribution in [0.15, 0.2) is 103 Å². The predicted octanol–water partition coefficient (Wildman–Crippen LogP) is 3.95. The minimum atomic E-state index is -2.40. The van der Waals surface area contributed by atoms with Crippen LogP contribution < -0.4 is 15.6 Å². The first-order valence-corrected chi connectivity index (χ1v) is 12.4. The van der Waals surface area contributed by atoms with E-state index in [0.717, 1.165) is 25.7 Å². The van der Waals surface area contributed by atoms with E-state index < -0.39 is 13.7 Å². The molecule has 1 N–H and O–H groups in total. The molecule has 0 bridgehead atoms. The van der Waals surface area contributed by atoms with Gasteiger partial charge in [-0.3, -0.25) is 0 Å². The van der Waals surface area contributed by atoms with Gasteiger partial charge in [0, 0.05) is 0 Å². The number of hydrogen-bond donors (Lipinski definition) is 1. The van der Waals surface area contributed by atoms with Gasteiger partial charge in [-0.1, -0.05) is 122 Å². The lowest BCUT2D eigenvalue weighted by atomic mass is 9.85. The summed E-state index contributed by atoms with van der Waals surface area (Å²) in [5.41, 5.74) is 1.72. The van der Waals surface area contributed by atoms with Crippen molar-refractivity contribution < 1.29 is 5.11 Å². The summed E-state index contributed by atoms with van der Waals surface area (Å²) in [6.45, 7) is 0. The van der Waals surface area contributed by atoms with Crippen LogP contribution in [-0.4, -0.2) is 18.8 Å². The Morgan fingerprint density at radius 1 is 0.607 bits per heavy atom. The average molecular weight is 385 g/mol. The molecule has 0 atom stereocenters. The molecule has 0 radical (unpaired) electrons. The van der Waals surface area contributed by atoms with Gasteiger partial charge in [-0.05, 0) is 28.4 Å². The number of aliphatic hydroxyl groups is 1. The summed E-state index contributed by atoms with van der Waals surface area (Å²) < 4.78 is 0. The Labute approximate surface area is 169 Å². The Bertz CT molecular complexity index is 800. The van der Waals surface area contributed by atoms with Crippen molar-refractivity contribution in [2.75, 3.05) is 0 Å². The molecule has 2 heteroatoms. The fourth-order valence-corrected chi connectivity index (χ4v) is 8.79. The van der Waals surface area contributed by atoms with Crippen molar-refractivity contribution in [1.82, 2.24) is 0 Å². The van der Waals surface area contributed by atoms with Gasteiger partial charge in [0.05, 0.1) is 5.60 Å². The highest BCUT2D eigenvalue weighted by Gasteiger charge is 2.38. The summed E-state index contributed by atoms with van der Waals surface area (Å²) in [7, 11) is -2.40. The molecule has 1 saturated carbocycles. The van der Waals surface area contributed by atoms with Crippen LogP contribution in [0.4, 0.5) is 0 Å². The quantitative estimate of drug-likeness (QED) is 0.522. The van der Waals surface area contributed by atoms with Gasteiger partial charge < -0.3 is 5.11 Å². The van der Waals surface area contributed by atoms with Gasteiger partial charge in [-0.15, -0.1) is 0 Å². The van der Waals surface area contributed by atoms with Crippen LogP contribution in [0.25, 0.3) is 0 Å². The van der Waals surface area contributed by atoms with Gasteiger partial charge in [0.1, 0.15) is 0 Å². The summed E-state index contributed by atoms with van der Waals surface area (Å²) in [5, 5.41) is 15.3. The number of rotatable bonds is 5. The summed E-state index contributed by atoms with van der Waals surface area (Å²) in [4.78, 5) is 0. The highest BCUT2D eigenvalue weighted by Crippen LogP contribution is 2.29. The smallest absolute Gasteiger partial charge is 0.172 e. The second kappa shape index (κ2) is 8.30. The zero-order valence-electron chi connectivity index (χ0n) is 16.3. The molecule has 0 amide bonds. The zero-order chi connectivity index (χ0) is 19.3. The molecule has 1 fully saturated rings. The Morgan fingerprint density at radius 2 is 1.00 bits per heavy atom. The molecule has 0 aromatic heterocycles. The van der Waals surface area contributed by atoms with Crippen LogP contribution in [0.1, 0.15) is 32.1 Å². The third-order valence-electron chi connectivity index (χ3n) is 6.05. The predicted molar refractivity (Wildman–Crippen MR) is 121 cm³/mol. The summed E-state index contributed by atoms with van der Waals surface area (Å²) in [5.74, 6) is 0. The molecule has 3 aromatic rings. The Hall–Kier alpha value is -2.42. The lowest BCUT2D eigenvalue weighted by Gasteiger charge is -2.34. The second-order valence-corrected chi connectivity index (χ2v) is 11.6. The fourth-order valence-electron chi connectivity index (χ4n) is 4.50. The van der Waals surface area contributed by atoms with Crippen molar-refractivity contribution in [3.8, 4) is 0 Å². The molecule has 3 aromatic carbocycles. The van der Waals surface area contributed by atoms with Crippen LogP contribution in [0.2, 0.25) is 0 Å². The molecule has 0 heterocycles. The minimum Gasteiger partial charge on any atom is -0.386 e. The molecule has 1 aliphatic rings. The molecule has 142 valence electrons. The van der Waals surface area contributed by atoms with E-state index in [9.17, 15) is 5.11 Å². The van der Waals surface area contributed by atoms with E-state index in [1.165, 1.54) is 22.0 Å². The van der Waals surface area contributed by atoms with E-state index in [0.29, 0.717) is 0 Å². The lowest BCUT2D eigenvalue weighted by molar-refractivity contribution is 0.0515. The maximum absolute atomic E-state index is 11.2. The lowest BCUT2D eigenvalue weighted by Crippen LogP contribution is -2.66. The maximum atomic E-state index is 11.2. The standard InChI is InChI=1S/C26H28OSi/c27-26(19-11-4-12-20-26)21-22-28(23-13-5-1-6-14-23,24-15-7-2-8-16-24)25-17-9-3-10-18-25/h1-3,5-10,13-18,21-22,27H,4,11-12,19-20H2/b22-21+. The van der Waals surface area contributed by atoms with Crippen molar-refractivity contribution in [3.05, 3.63) is 103 Å². The third-order valence-corrected chi connectivity index (χ3v) is 10.4. The molecule has 0 aliphatic heterocycles. The van der Waals surface area contributed by atoms with Gasteiger partial charge in [-0.25, -0.2) is 0 Å². The van der Waals surface area contributed by atoms with Crippen molar-refractivity contribution in [1.29, 1.82) is 0 Å². The van der Waals surface area contributed by atoms with E-state index in [1.807, 2.05) is 0 Å². The summed E-state index contributed by atoms with van der Waals surface area (Å²) in [6, 6.07) is 32.5. The zero-order valence-corrected chi connectivity index (χ0v) is 17.3. The normalized spacial score (nSPS) is 16.9. The van der Waals surface area contributed by atoms with Gasteiger partial charge in [-0.2, -0.15) is 0 Å². The summed E-state index contributed by atoms with van der Waals surface area (Å²) >= 11 is 0. The number of hydrogen-bond acceptors (Lipinski definition) is 1. The first-order chi connectivity index (χ1) is 13.7. The third kappa shape index (κ3) is 3.75. The van der Waals surface area contributed by atoms with Crippen molar-refractivity contribution in [2.45, 2.75) is 37.7 Å². The Kier molecular flexibility index (Phi) is 5.61. The molecule has 4 rings (SSSR count). The van der Waals surface area contributed by atoms with E-state index in [2.05, 4.69) is 103 Å². The molecule has 0 spiro atoms. The molecule has 0 saturated heterocycles. The van der Waals surface area contributed by atoms with Gasteiger partial charge >= 0.3 is 0 Å². The molecule has 28 heavy (non-hydrogen) atoms. The van der Waals surface area contributed by atoms with Crippen LogP contribution in [0, 0.1) is 0 Å². The average Bonchev–Trinajstić information content (AvgIpc) is 2.77.